The van der Waals surface area contributed by atoms with Crippen molar-refractivity contribution in [3.63, 3.8) is 0 Å². The second kappa shape index (κ2) is 6.19. The Morgan fingerprint density at radius 2 is 2.17 bits per heavy atom. The van der Waals surface area contributed by atoms with E-state index in [-0.39, 0.29) is 11.9 Å². The first-order valence-electron chi connectivity index (χ1n) is 8.44. The highest BCUT2D eigenvalue weighted by molar-refractivity contribution is 7.17. The first kappa shape index (κ1) is 15.6. The molecule has 1 fully saturated rings. The molecule has 8 heteroatoms. The average Bonchev–Trinajstić information content (AvgIpc) is 3.29. The van der Waals surface area contributed by atoms with Gasteiger partial charge in [-0.3, -0.25) is 0 Å². The Morgan fingerprint density at radius 3 is 2.79 bits per heavy atom. The Morgan fingerprint density at radius 1 is 1.38 bits per heavy atom. The van der Waals surface area contributed by atoms with Crippen LogP contribution in [0.15, 0.2) is 22.8 Å². The van der Waals surface area contributed by atoms with E-state index in [2.05, 4.69) is 17.1 Å². The van der Waals surface area contributed by atoms with E-state index in [9.17, 15) is 5.11 Å². The second-order valence-corrected chi connectivity index (χ2v) is 7.44. The number of piperazine rings is 1. The maximum absolute atomic E-state index is 10.8. The first-order chi connectivity index (χ1) is 11.7. The van der Waals surface area contributed by atoms with Crippen LogP contribution in [0, 0.1) is 0 Å². The van der Waals surface area contributed by atoms with Gasteiger partial charge in [-0.15, -0.1) is 5.10 Å². The number of nitrogens with one attached hydrogen (secondary N) is 2. The lowest BCUT2D eigenvalue weighted by Crippen LogP contribution is -3.27. The van der Waals surface area contributed by atoms with Crippen molar-refractivity contribution in [1.82, 2.24) is 14.6 Å². The lowest BCUT2D eigenvalue weighted by atomic mass is 10.1. The summed E-state index contributed by atoms with van der Waals surface area (Å²) in [6, 6.07) is 3.90. The summed E-state index contributed by atoms with van der Waals surface area (Å²) in [6.07, 6.45) is 2.46. The molecule has 3 aromatic heterocycles. The van der Waals surface area contributed by atoms with Crippen molar-refractivity contribution in [3.8, 4) is 5.88 Å². The van der Waals surface area contributed by atoms with Gasteiger partial charge in [-0.1, -0.05) is 18.3 Å². The minimum Gasteiger partial charge on any atom is -0.492 e. The van der Waals surface area contributed by atoms with Gasteiger partial charge in [-0.2, -0.15) is 4.52 Å². The molecule has 1 saturated heterocycles. The van der Waals surface area contributed by atoms with E-state index in [1.54, 1.807) is 15.7 Å². The van der Waals surface area contributed by atoms with Gasteiger partial charge in [0.25, 0.3) is 0 Å². The van der Waals surface area contributed by atoms with Gasteiger partial charge < -0.3 is 19.3 Å². The minimum absolute atomic E-state index is 0.00771. The van der Waals surface area contributed by atoms with Crippen molar-refractivity contribution in [3.05, 3.63) is 34.9 Å². The van der Waals surface area contributed by atoms with Crippen molar-refractivity contribution in [2.45, 2.75) is 19.4 Å². The zero-order valence-corrected chi connectivity index (χ0v) is 14.8. The molecule has 1 aliphatic heterocycles. The number of aryl methyl sites for hydroxylation is 1. The Balaban J connectivity index is 1.76. The fraction of sp³-hybridized carbons (Fsp3) is 0.500. The van der Waals surface area contributed by atoms with Gasteiger partial charge in [-0.25, -0.2) is 4.98 Å². The third-order valence-corrected chi connectivity index (χ3v) is 5.89. The first-order valence-corrected chi connectivity index (χ1v) is 9.25. The predicted octanol–water partition coefficient (Wildman–Crippen LogP) is -0.846. The zero-order valence-electron chi connectivity index (χ0n) is 14.0. The number of furan rings is 1. The highest BCUT2D eigenvalue weighted by Crippen LogP contribution is 2.35. The summed E-state index contributed by atoms with van der Waals surface area (Å²) in [7, 11) is 2.23. The van der Waals surface area contributed by atoms with Crippen molar-refractivity contribution in [2.24, 2.45) is 0 Å². The molecular formula is C16H23N5O2S+2. The molecule has 1 aliphatic rings. The average molecular weight is 349 g/mol. The molecule has 4 heterocycles. The third kappa shape index (κ3) is 2.60. The number of aromatic nitrogens is 3. The molecule has 0 amide bonds. The maximum atomic E-state index is 10.8. The Hall–Kier alpha value is -1.90. The lowest BCUT2D eigenvalue weighted by molar-refractivity contribution is -1.02. The molecule has 0 radical (unpaired) electrons. The third-order valence-electron chi connectivity index (χ3n) is 4.80. The molecule has 0 bridgehead atoms. The van der Waals surface area contributed by atoms with Crippen LogP contribution in [0.3, 0.4) is 0 Å². The molecule has 128 valence electrons. The second-order valence-electron chi connectivity index (χ2n) is 6.43. The van der Waals surface area contributed by atoms with Gasteiger partial charge in [0.15, 0.2) is 17.6 Å². The number of fused-ring (bicyclic) bond motifs is 1. The summed E-state index contributed by atoms with van der Waals surface area (Å²) in [5.41, 5.74) is 0. The molecule has 0 unspecified atom stereocenters. The molecule has 0 aliphatic carbocycles. The van der Waals surface area contributed by atoms with Crippen LogP contribution in [0.2, 0.25) is 0 Å². The van der Waals surface area contributed by atoms with Crippen LogP contribution in [0.5, 0.6) is 5.88 Å². The largest absolute Gasteiger partial charge is 0.492 e. The molecule has 4 rings (SSSR count). The number of quaternary nitrogens is 2. The molecule has 0 saturated carbocycles. The Bertz CT molecular complexity index is 817. The summed E-state index contributed by atoms with van der Waals surface area (Å²) < 4.78 is 7.29. The highest BCUT2D eigenvalue weighted by Gasteiger charge is 2.37. The number of hydrogen-bond acceptors (Lipinski definition) is 5. The number of hydrogen-bond donors (Lipinski definition) is 3. The van der Waals surface area contributed by atoms with E-state index in [1.807, 2.05) is 19.1 Å². The molecule has 0 spiro atoms. The summed E-state index contributed by atoms with van der Waals surface area (Å²) in [6.45, 7) is 6.34. The number of thiazole rings is 1. The lowest BCUT2D eigenvalue weighted by Gasteiger charge is -2.31. The summed E-state index contributed by atoms with van der Waals surface area (Å²) in [5, 5.41) is 15.2. The van der Waals surface area contributed by atoms with Crippen molar-refractivity contribution >= 4 is 16.3 Å². The van der Waals surface area contributed by atoms with Crippen LogP contribution in [-0.2, 0) is 6.42 Å². The van der Waals surface area contributed by atoms with Gasteiger partial charge in [-0.05, 0) is 12.1 Å². The molecule has 7 nitrogen and oxygen atoms in total. The smallest absolute Gasteiger partial charge is 0.235 e. The normalized spacial score (nSPS) is 22.9. The van der Waals surface area contributed by atoms with Gasteiger partial charge in [0.2, 0.25) is 10.8 Å². The quantitative estimate of drug-likeness (QED) is 0.574. The zero-order chi connectivity index (χ0) is 16.7. The standard InChI is InChI=1S/C16H21N5O2S/c1-3-12-17-16-21(18-12)15(22)14(24-16)13(11-5-4-10-23-11)20-8-6-19(2)7-9-20/h4-5,10,13,22H,3,6-9H2,1-2H3/p+2/t13-/m1/s1. The Labute approximate surface area is 144 Å². The van der Waals surface area contributed by atoms with E-state index >= 15 is 0 Å². The number of aromatic hydroxyl groups is 1. The maximum Gasteiger partial charge on any atom is 0.235 e. The molecule has 3 N–H and O–H groups in total. The summed E-state index contributed by atoms with van der Waals surface area (Å²) in [5.74, 6) is 1.84. The van der Waals surface area contributed by atoms with Crippen LogP contribution < -0.4 is 9.80 Å². The van der Waals surface area contributed by atoms with Gasteiger partial charge in [0.05, 0.1) is 13.3 Å². The van der Waals surface area contributed by atoms with E-state index in [0.29, 0.717) is 0 Å². The van der Waals surface area contributed by atoms with Crippen LogP contribution in [-0.4, -0.2) is 52.9 Å². The van der Waals surface area contributed by atoms with E-state index < -0.39 is 0 Å². The van der Waals surface area contributed by atoms with Crippen molar-refractivity contribution < 1.29 is 19.3 Å². The topological polar surface area (TPSA) is 72.4 Å². The fourth-order valence-corrected chi connectivity index (χ4v) is 4.53. The van der Waals surface area contributed by atoms with Gasteiger partial charge >= 0.3 is 0 Å². The summed E-state index contributed by atoms with van der Waals surface area (Å²) >= 11 is 1.51. The number of rotatable bonds is 4. The van der Waals surface area contributed by atoms with Crippen LogP contribution in [0.25, 0.3) is 4.96 Å². The van der Waals surface area contributed by atoms with Crippen LogP contribution >= 0.6 is 11.3 Å². The van der Waals surface area contributed by atoms with Crippen LogP contribution in [0.4, 0.5) is 0 Å². The van der Waals surface area contributed by atoms with Crippen LogP contribution in [0.1, 0.15) is 29.4 Å². The molecule has 24 heavy (non-hydrogen) atoms. The van der Waals surface area contributed by atoms with E-state index in [1.165, 1.54) is 16.2 Å². The Kier molecular flexibility index (Phi) is 4.03. The van der Waals surface area contributed by atoms with E-state index in [0.717, 1.165) is 54.0 Å². The van der Waals surface area contributed by atoms with E-state index in [4.69, 9.17) is 4.42 Å². The van der Waals surface area contributed by atoms with Crippen molar-refractivity contribution in [1.29, 1.82) is 0 Å². The number of nitrogens with zero attached hydrogens (tertiary/aromatic N) is 3. The monoisotopic (exact) mass is 349 g/mol. The SMILES string of the molecule is CCc1nc2sc([C@@H](c3ccco3)[NH+]3CC[NH+](C)CC3)c(O)n2n1. The highest BCUT2D eigenvalue weighted by atomic mass is 32.1. The van der Waals surface area contributed by atoms with Gasteiger partial charge in [0.1, 0.15) is 31.1 Å². The predicted molar refractivity (Wildman–Crippen MR) is 89.8 cm³/mol. The van der Waals surface area contributed by atoms with Gasteiger partial charge in [0, 0.05) is 6.42 Å². The minimum atomic E-state index is -0.00771. The fourth-order valence-electron chi connectivity index (χ4n) is 3.39. The molecule has 3 aromatic rings. The summed E-state index contributed by atoms with van der Waals surface area (Å²) in [4.78, 5) is 9.11. The molecular weight excluding hydrogens is 326 g/mol. The molecule has 0 aromatic carbocycles. The van der Waals surface area contributed by atoms with Crippen molar-refractivity contribution in [2.75, 3.05) is 33.2 Å². The molecule has 1 atom stereocenters. The number of likely N-dealkylation sites (N-methyl/N-ethyl adjacent to an activating group) is 1.